The lowest BCUT2D eigenvalue weighted by Gasteiger charge is -2.31. The molecule has 2 N–H and O–H groups in total. The van der Waals surface area contributed by atoms with Crippen LogP contribution < -0.4 is 5.32 Å². The van der Waals surface area contributed by atoms with Crippen molar-refractivity contribution in [1.29, 1.82) is 0 Å². The molecule has 0 aliphatic rings. The minimum absolute atomic E-state index is 0.127. The summed E-state index contributed by atoms with van der Waals surface area (Å²) in [5.74, 6) is 0. The highest BCUT2D eigenvalue weighted by Crippen LogP contribution is 2.14. The van der Waals surface area contributed by atoms with Crippen molar-refractivity contribution in [1.82, 2.24) is 15.1 Å². The number of unbranched alkanes of at least 4 members (excludes halogenated alkanes) is 1. The summed E-state index contributed by atoms with van der Waals surface area (Å²) in [6, 6.07) is 0.417. The first kappa shape index (κ1) is 19.8. The van der Waals surface area contributed by atoms with Gasteiger partial charge >= 0.3 is 0 Å². The molecule has 0 aromatic carbocycles. The maximum atomic E-state index is 9.53. The Morgan fingerprint density at radius 3 is 2.10 bits per heavy atom. The first-order valence-corrected chi connectivity index (χ1v) is 8.01. The summed E-state index contributed by atoms with van der Waals surface area (Å²) < 4.78 is 0. The highest BCUT2D eigenvalue weighted by Gasteiger charge is 2.22. The van der Waals surface area contributed by atoms with E-state index in [1.165, 1.54) is 19.4 Å². The second-order valence-corrected chi connectivity index (χ2v) is 6.94. The maximum Gasteiger partial charge on any atom is 0.0610 e. The van der Waals surface area contributed by atoms with Gasteiger partial charge in [0.05, 0.1) is 6.61 Å². The van der Waals surface area contributed by atoms with Crippen LogP contribution in [0.5, 0.6) is 0 Å². The van der Waals surface area contributed by atoms with Gasteiger partial charge in [0.15, 0.2) is 0 Å². The third kappa shape index (κ3) is 10.6. The summed E-state index contributed by atoms with van der Waals surface area (Å²) in [5, 5.41) is 13.0. The summed E-state index contributed by atoms with van der Waals surface area (Å²) in [5.41, 5.74) is -0.127. The molecule has 0 aromatic rings. The lowest BCUT2D eigenvalue weighted by molar-refractivity contribution is 0.152. The molecule has 0 bridgehead atoms. The van der Waals surface area contributed by atoms with E-state index in [9.17, 15) is 5.11 Å². The predicted molar refractivity (Wildman–Crippen MR) is 88.3 cm³/mol. The molecule has 0 heterocycles. The van der Waals surface area contributed by atoms with Crippen LogP contribution in [0, 0.1) is 0 Å². The van der Waals surface area contributed by atoms with Crippen molar-refractivity contribution >= 4 is 0 Å². The molecule has 20 heavy (non-hydrogen) atoms. The number of hydrogen-bond donors (Lipinski definition) is 2. The minimum atomic E-state index is -0.127. The molecule has 0 fully saturated rings. The van der Waals surface area contributed by atoms with Crippen LogP contribution >= 0.6 is 0 Å². The van der Waals surface area contributed by atoms with Gasteiger partial charge in [-0.25, -0.2) is 0 Å². The Hall–Kier alpha value is -0.160. The topological polar surface area (TPSA) is 38.7 Å². The van der Waals surface area contributed by atoms with Gasteiger partial charge in [-0.2, -0.15) is 0 Å². The number of rotatable bonds is 12. The molecule has 1 atom stereocenters. The SMILES string of the molecule is CC(C)NC(C)(CO)CCCCN(C)CCCN(C)C. The molecular formula is C16H37N3O. The van der Waals surface area contributed by atoms with E-state index in [-0.39, 0.29) is 12.1 Å². The van der Waals surface area contributed by atoms with Gasteiger partial charge in [0, 0.05) is 11.6 Å². The zero-order valence-corrected chi connectivity index (χ0v) is 14.6. The van der Waals surface area contributed by atoms with Crippen molar-refractivity contribution < 1.29 is 5.11 Å². The van der Waals surface area contributed by atoms with Crippen LogP contribution in [-0.4, -0.2) is 73.9 Å². The van der Waals surface area contributed by atoms with E-state index in [2.05, 4.69) is 57.0 Å². The average Bonchev–Trinajstić information content (AvgIpc) is 2.33. The van der Waals surface area contributed by atoms with Crippen molar-refractivity contribution in [2.24, 2.45) is 0 Å². The van der Waals surface area contributed by atoms with E-state index >= 15 is 0 Å². The van der Waals surface area contributed by atoms with Gasteiger partial charge < -0.3 is 20.2 Å². The van der Waals surface area contributed by atoms with Crippen LogP contribution in [-0.2, 0) is 0 Å². The quantitative estimate of drug-likeness (QED) is 0.537. The van der Waals surface area contributed by atoms with Gasteiger partial charge in [-0.15, -0.1) is 0 Å². The Morgan fingerprint density at radius 2 is 1.60 bits per heavy atom. The zero-order valence-electron chi connectivity index (χ0n) is 14.6. The third-order valence-electron chi connectivity index (χ3n) is 3.65. The molecular weight excluding hydrogens is 250 g/mol. The minimum Gasteiger partial charge on any atom is -0.394 e. The fourth-order valence-electron chi connectivity index (χ4n) is 2.56. The van der Waals surface area contributed by atoms with Crippen molar-refractivity contribution in [3.8, 4) is 0 Å². The monoisotopic (exact) mass is 287 g/mol. The van der Waals surface area contributed by atoms with Crippen molar-refractivity contribution in [3.05, 3.63) is 0 Å². The second-order valence-electron chi connectivity index (χ2n) is 6.94. The van der Waals surface area contributed by atoms with Crippen molar-refractivity contribution in [2.45, 2.75) is 58.0 Å². The summed E-state index contributed by atoms with van der Waals surface area (Å²) in [4.78, 5) is 4.65. The highest BCUT2D eigenvalue weighted by molar-refractivity contribution is 4.83. The molecule has 122 valence electrons. The molecule has 0 rings (SSSR count). The van der Waals surface area contributed by atoms with Crippen molar-refractivity contribution in [2.75, 3.05) is 47.4 Å². The third-order valence-corrected chi connectivity index (χ3v) is 3.65. The molecule has 0 radical (unpaired) electrons. The smallest absolute Gasteiger partial charge is 0.0610 e. The number of aliphatic hydroxyl groups is 1. The molecule has 0 spiro atoms. The Balaban J connectivity index is 3.72. The van der Waals surface area contributed by atoms with Crippen LogP contribution in [0.1, 0.15) is 46.5 Å². The Labute approximate surface area is 126 Å². The fraction of sp³-hybridized carbons (Fsp3) is 1.00. The van der Waals surface area contributed by atoms with E-state index < -0.39 is 0 Å². The number of aliphatic hydroxyl groups excluding tert-OH is 1. The Kier molecular flexibility index (Phi) is 10.5. The van der Waals surface area contributed by atoms with Crippen molar-refractivity contribution in [3.63, 3.8) is 0 Å². The largest absolute Gasteiger partial charge is 0.394 e. The molecule has 0 saturated carbocycles. The summed E-state index contributed by atoms with van der Waals surface area (Å²) in [7, 11) is 6.45. The predicted octanol–water partition coefficient (Wildman–Crippen LogP) is 1.79. The van der Waals surface area contributed by atoms with E-state index in [0.717, 1.165) is 25.9 Å². The lowest BCUT2D eigenvalue weighted by Crippen LogP contribution is -2.49. The van der Waals surface area contributed by atoms with Crippen LogP contribution in [0.3, 0.4) is 0 Å². The van der Waals surface area contributed by atoms with Gasteiger partial charge in [-0.05, 0) is 67.0 Å². The standard InChI is InChI=1S/C16H37N3O/c1-15(2)17-16(3,14-20)10-7-8-12-19(6)13-9-11-18(4)5/h15,17,20H,7-14H2,1-6H3. The molecule has 4 heteroatoms. The number of nitrogens with one attached hydrogen (secondary N) is 1. The van der Waals surface area contributed by atoms with E-state index in [1.807, 2.05) is 0 Å². The van der Waals surface area contributed by atoms with Crippen LogP contribution in [0.15, 0.2) is 0 Å². The highest BCUT2D eigenvalue weighted by atomic mass is 16.3. The van der Waals surface area contributed by atoms with Gasteiger partial charge in [0.1, 0.15) is 0 Å². The van der Waals surface area contributed by atoms with Gasteiger partial charge in [-0.3, -0.25) is 0 Å². The molecule has 4 nitrogen and oxygen atoms in total. The van der Waals surface area contributed by atoms with Crippen LogP contribution in [0.4, 0.5) is 0 Å². The van der Waals surface area contributed by atoms with E-state index in [4.69, 9.17) is 0 Å². The van der Waals surface area contributed by atoms with Crippen LogP contribution in [0.25, 0.3) is 0 Å². The van der Waals surface area contributed by atoms with Gasteiger partial charge in [-0.1, -0.05) is 20.3 Å². The normalized spacial score (nSPS) is 15.3. The number of hydrogen-bond acceptors (Lipinski definition) is 4. The molecule has 0 aliphatic heterocycles. The van der Waals surface area contributed by atoms with Gasteiger partial charge in [0.2, 0.25) is 0 Å². The average molecular weight is 287 g/mol. The van der Waals surface area contributed by atoms with E-state index in [1.54, 1.807) is 0 Å². The first-order valence-electron chi connectivity index (χ1n) is 8.01. The lowest BCUT2D eigenvalue weighted by atomic mass is 9.94. The van der Waals surface area contributed by atoms with Crippen LogP contribution in [0.2, 0.25) is 0 Å². The Bertz CT molecular complexity index is 234. The molecule has 0 aliphatic carbocycles. The molecule has 0 aromatic heterocycles. The maximum absolute atomic E-state index is 9.53. The van der Waals surface area contributed by atoms with E-state index in [0.29, 0.717) is 6.04 Å². The first-order chi connectivity index (χ1) is 9.29. The summed E-state index contributed by atoms with van der Waals surface area (Å²) in [6.07, 6.45) is 4.63. The zero-order chi connectivity index (χ0) is 15.6. The Morgan fingerprint density at radius 1 is 1.00 bits per heavy atom. The molecule has 1 unspecified atom stereocenters. The van der Waals surface area contributed by atoms with Gasteiger partial charge in [0.25, 0.3) is 0 Å². The second kappa shape index (κ2) is 10.6. The summed E-state index contributed by atoms with van der Waals surface area (Å²) in [6.45, 7) is 10.1. The summed E-state index contributed by atoms with van der Waals surface area (Å²) >= 11 is 0. The fourth-order valence-corrected chi connectivity index (χ4v) is 2.56. The molecule has 0 saturated heterocycles. The molecule has 0 amide bonds. The number of nitrogens with zero attached hydrogens (tertiary/aromatic N) is 2.